The Morgan fingerprint density at radius 3 is 2.48 bits per heavy atom. The molecule has 1 saturated heterocycles. The molecule has 29 heavy (non-hydrogen) atoms. The maximum atomic E-state index is 4.83. The monoisotopic (exact) mass is 385 g/mol. The third-order valence-electron chi connectivity index (χ3n) is 5.94. The highest BCUT2D eigenvalue weighted by molar-refractivity contribution is 5.54. The first kappa shape index (κ1) is 18.3. The van der Waals surface area contributed by atoms with Gasteiger partial charge < -0.3 is 4.90 Å². The van der Waals surface area contributed by atoms with Gasteiger partial charge in [-0.05, 0) is 30.9 Å². The molecule has 1 aromatic carbocycles. The van der Waals surface area contributed by atoms with Gasteiger partial charge in [-0.2, -0.15) is 0 Å². The molecule has 1 fully saturated rings. The second kappa shape index (κ2) is 8.29. The summed E-state index contributed by atoms with van der Waals surface area (Å²) < 4.78 is 0. The van der Waals surface area contributed by atoms with E-state index < -0.39 is 0 Å². The average Bonchev–Trinajstić information content (AvgIpc) is 2.80. The third-order valence-corrected chi connectivity index (χ3v) is 5.94. The van der Waals surface area contributed by atoms with E-state index in [0.717, 1.165) is 56.4 Å². The van der Waals surface area contributed by atoms with Gasteiger partial charge in [-0.25, -0.2) is 15.0 Å². The number of hydrogen-bond donors (Lipinski definition) is 0. The molecule has 0 bridgehead atoms. The molecule has 4 heterocycles. The molecule has 0 saturated carbocycles. The molecular weight excluding hydrogens is 358 g/mol. The van der Waals surface area contributed by atoms with Crippen molar-refractivity contribution in [2.45, 2.75) is 38.8 Å². The molecule has 2 aliphatic rings. The van der Waals surface area contributed by atoms with Crippen LogP contribution in [0.1, 0.15) is 36.1 Å². The van der Waals surface area contributed by atoms with Crippen LogP contribution >= 0.6 is 0 Å². The van der Waals surface area contributed by atoms with Crippen molar-refractivity contribution < 1.29 is 0 Å². The lowest BCUT2D eigenvalue weighted by molar-refractivity contribution is 0.242. The van der Waals surface area contributed by atoms with Crippen molar-refractivity contribution in [1.82, 2.24) is 19.9 Å². The van der Waals surface area contributed by atoms with Crippen LogP contribution in [0, 0.1) is 0 Å². The molecule has 5 heteroatoms. The SMILES string of the molecule is c1ccc(-c2ncc3c(n2)CCN(Cc2ccc(N4CCCCC4)nc2)C3)cc1. The number of aromatic nitrogens is 3. The van der Waals surface area contributed by atoms with Crippen molar-refractivity contribution in [2.75, 3.05) is 24.5 Å². The van der Waals surface area contributed by atoms with Gasteiger partial charge in [-0.15, -0.1) is 0 Å². The lowest BCUT2D eigenvalue weighted by Gasteiger charge is -2.29. The van der Waals surface area contributed by atoms with Crippen molar-refractivity contribution in [1.29, 1.82) is 0 Å². The fourth-order valence-corrected chi connectivity index (χ4v) is 4.31. The second-order valence-corrected chi connectivity index (χ2v) is 8.06. The molecule has 0 unspecified atom stereocenters. The number of pyridine rings is 1. The van der Waals surface area contributed by atoms with Crippen LogP contribution < -0.4 is 4.90 Å². The number of anilines is 1. The van der Waals surface area contributed by atoms with Crippen LogP contribution in [0.2, 0.25) is 0 Å². The third kappa shape index (κ3) is 4.15. The number of rotatable bonds is 4. The van der Waals surface area contributed by atoms with Gasteiger partial charge in [0, 0.05) is 62.7 Å². The highest BCUT2D eigenvalue weighted by atomic mass is 15.2. The smallest absolute Gasteiger partial charge is 0.159 e. The van der Waals surface area contributed by atoms with Gasteiger partial charge in [0.05, 0.1) is 5.69 Å². The van der Waals surface area contributed by atoms with Crippen LogP contribution in [0.5, 0.6) is 0 Å². The van der Waals surface area contributed by atoms with E-state index in [0.29, 0.717) is 0 Å². The maximum absolute atomic E-state index is 4.83. The van der Waals surface area contributed by atoms with E-state index in [9.17, 15) is 0 Å². The van der Waals surface area contributed by atoms with E-state index >= 15 is 0 Å². The number of nitrogens with zero attached hydrogens (tertiary/aromatic N) is 5. The minimum Gasteiger partial charge on any atom is -0.357 e. The van der Waals surface area contributed by atoms with Crippen molar-refractivity contribution >= 4 is 5.82 Å². The van der Waals surface area contributed by atoms with Crippen LogP contribution in [-0.2, 0) is 19.5 Å². The zero-order valence-corrected chi connectivity index (χ0v) is 16.8. The predicted molar refractivity (Wildman–Crippen MR) is 116 cm³/mol. The summed E-state index contributed by atoms with van der Waals surface area (Å²) in [7, 11) is 0. The summed E-state index contributed by atoms with van der Waals surface area (Å²) in [6.07, 6.45) is 8.94. The quantitative estimate of drug-likeness (QED) is 0.677. The minimum absolute atomic E-state index is 0.829. The molecule has 2 aromatic heterocycles. The molecule has 2 aliphatic heterocycles. The second-order valence-electron chi connectivity index (χ2n) is 8.06. The number of fused-ring (bicyclic) bond motifs is 1. The average molecular weight is 386 g/mol. The Kier molecular flexibility index (Phi) is 5.22. The van der Waals surface area contributed by atoms with Crippen molar-refractivity contribution in [3.05, 3.63) is 71.7 Å². The lowest BCUT2D eigenvalue weighted by Crippen LogP contribution is -2.31. The summed E-state index contributed by atoms with van der Waals surface area (Å²) in [5, 5.41) is 0. The molecule has 0 N–H and O–H groups in total. The Balaban J connectivity index is 1.24. The summed E-state index contributed by atoms with van der Waals surface area (Å²) in [4.78, 5) is 19.0. The molecule has 3 aromatic rings. The van der Waals surface area contributed by atoms with E-state index in [-0.39, 0.29) is 0 Å². The number of hydrogen-bond acceptors (Lipinski definition) is 5. The summed E-state index contributed by atoms with van der Waals surface area (Å²) >= 11 is 0. The van der Waals surface area contributed by atoms with E-state index in [1.54, 1.807) is 0 Å². The van der Waals surface area contributed by atoms with Gasteiger partial charge >= 0.3 is 0 Å². The van der Waals surface area contributed by atoms with Crippen molar-refractivity contribution in [3.63, 3.8) is 0 Å². The first-order valence-electron chi connectivity index (χ1n) is 10.7. The molecule has 5 nitrogen and oxygen atoms in total. The van der Waals surface area contributed by atoms with E-state index in [1.807, 2.05) is 24.4 Å². The van der Waals surface area contributed by atoms with E-state index in [4.69, 9.17) is 9.97 Å². The van der Waals surface area contributed by atoms with Gasteiger partial charge in [-0.3, -0.25) is 4.90 Å². The van der Waals surface area contributed by atoms with Crippen LogP contribution in [0.25, 0.3) is 11.4 Å². The molecular formula is C24H27N5. The van der Waals surface area contributed by atoms with Crippen LogP contribution in [0.3, 0.4) is 0 Å². The normalized spacial score (nSPS) is 17.2. The van der Waals surface area contributed by atoms with Gasteiger partial charge in [-0.1, -0.05) is 36.4 Å². The predicted octanol–water partition coefficient (Wildman–Crippen LogP) is 4.09. The van der Waals surface area contributed by atoms with Crippen molar-refractivity contribution in [3.8, 4) is 11.4 Å². The molecule has 0 amide bonds. The van der Waals surface area contributed by atoms with Gasteiger partial charge in [0.2, 0.25) is 0 Å². The summed E-state index contributed by atoms with van der Waals surface area (Å²) in [5.41, 5.74) is 4.79. The van der Waals surface area contributed by atoms with Crippen LogP contribution in [0.15, 0.2) is 54.9 Å². The molecule has 0 spiro atoms. The molecule has 0 atom stereocenters. The summed E-state index contributed by atoms with van der Waals surface area (Å²) in [6.45, 7) is 5.12. The fraction of sp³-hybridized carbons (Fsp3) is 0.375. The first-order valence-corrected chi connectivity index (χ1v) is 10.7. The summed E-state index contributed by atoms with van der Waals surface area (Å²) in [6, 6.07) is 14.6. The standard InChI is InChI=1S/C24H27N5/c1-3-7-20(8-4-1)24-26-16-21-18-28(14-11-22(21)27-24)17-19-9-10-23(25-15-19)29-12-5-2-6-13-29/h1,3-4,7-10,15-16H,2,5-6,11-14,17-18H2. The zero-order chi connectivity index (χ0) is 19.5. The van der Waals surface area contributed by atoms with Crippen LogP contribution in [0.4, 0.5) is 5.82 Å². The topological polar surface area (TPSA) is 45.2 Å². The first-order chi connectivity index (χ1) is 14.3. The lowest BCUT2D eigenvalue weighted by atomic mass is 10.1. The fourth-order valence-electron chi connectivity index (χ4n) is 4.31. The summed E-state index contributed by atoms with van der Waals surface area (Å²) in [5.74, 6) is 1.95. The highest BCUT2D eigenvalue weighted by Gasteiger charge is 2.19. The van der Waals surface area contributed by atoms with Gasteiger partial charge in [0.25, 0.3) is 0 Å². The van der Waals surface area contributed by atoms with Crippen LogP contribution in [-0.4, -0.2) is 39.5 Å². The van der Waals surface area contributed by atoms with Gasteiger partial charge in [0.1, 0.15) is 5.82 Å². The Labute approximate surface area is 172 Å². The molecule has 0 radical (unpaired) electrons. The molecule has 0 aliphatic carbocycles. The Hall–Kier alpha value is -2.79. The zero-order valence-electron chi connectivity index (χ0n) is 16.8. The molecule has 148 valence electrons. The Morgan fingerprint density at radius 1 is 0.828 bits per heavy atom. The Bertz CT molecular complexity index is 949. The van der Waals surface area contributed by atoms with Crippen molar-refractivity contribution in [2.24, 2.45) is 0 Å². The van der Waals surface area contributed by atoms with E-state index in [2.05, 4.69) is 45.2 Å². The highest BCUT2D eigenvalue weighted by Crippen LogP contribution is 2.23. The number of benzene rings is 1. The molecule has 5 rings (SSSR count). The number of piperidine rings is 1. The largest absolute Gasteiger partial charge is 0.357 e. The minimum atomic E-state index is 0.829. The Morgan fingerprint density at radius 2 is 1.69 bits per heavy atom. The maximum Gasteiger partial charge on any atom is 0.159 e. The van der Waals surface area contributed by atoms with Gasteiger partial charge in [0.15, 0.2) is 5.82 Å². The van der Waals surface area contributed by atoms with E-state index in [1.165, 1.54) is 36.1 Å².